The molecule has 0 saturated heterocycles. The van der Waals surface area contributed by atoms with Crippen molar-refractivity contribution in [2.75, 3.05) is 0 Å². The van der Waals surface area contributed by atoms with Gasteiger partial charge in [-0.15, -0.1) is 10.2 Å². The summed E-state index contributed by atoms with van der Waals surface area (Å²) < 4.78 is 0. The van der Waals surface area contributed by atoms with E-state index in [0.29, 0.717) is 27.1 Å². The number of nitro groups is 1. The second-order valence-electron chi connectivity index (χ2n) is 7.39. The number of carbonyl (C=O) groups excluding carboxylic acids is 1. The summed E-state index contributed by atoms with van der Waals surface area (Å²) in [5.74, 6) is -1.01. The Morgan fingerprint density at radius 3 is 2.56 bits per heavy atom. The number of para-hydroxylation sites is 1. The molecule has 0 saturated carbocycles. The highest BCUT2D eigenvalue weighted by molar-refractivity contribution is 6.30. The molecule has 0 unspecified atom stereocenters. The summed E-state index contributed by atoms with van der Waals surface area (Å²) in [6.07, 6.45) is 0. The van der Waals surface area contributed by atoms with Crippen LogP contribution in [0.5, 0.6) is 5.88 Å². The topological polar surface area (TPSA) is 134 Å². The van der Waals surface area contributed by atoms with Crippen molar-refractivity contribution in [1.82, 2.24) is 9.97 Å². The van der Waals surface area contributed by atoms with Gasteiger partial charge in [0.05, 0.1) is 27.2 Å². The van der Waals surface area contributed by atoms with Crippen LogP contribution in [0.1, 0.15) is 10.4 Å². The van der Waals surface area contributed by atoms with Crippen LogP contribution in [-0.2, 0) is 0 Å². The molecule has 2 aromatic heterocycles. The quantitative estimate of drug-likeness (QED) is 0.173. The monoisotopic (exact) mass is 471 g/mol. The van der Waals surface area contributed by atoms with Gasteiger partial charge in [-0.1, -0.05) is 41.9 Å². The van der Waals surface area contributed by atoms with E-state index in [1.54, 1.807) is 48.5 Å². The van der Waals surface area contributed by atoms with Crippen LogP contribution in [0.25, 0.3) is 33.1 Å². The van der Waals surface area contributed by atoms with E-state index in [-0.39, 0.29) is 28.2 Å². The van der Waals surface area contributed by atoms with Crippen molar-refractivity contribution in [2.45, 2.75) is 0 Å². The maximum absolute atomic E-state index is 13.1. The lowest BCUT2D eigenvalue weighted by atomic mass is 10.0. The summed E-state index contributed by atoms with van der Waals surface area (Å²) in [6.45, 7) is 0. The number of hydrogen-bond donors (Lipinski definition) is 2. The van der Waals surface area contributed by atoms with Crippen LogP contribution in [-0.4, -0.2) is 25.9 Å². The number of hydrogen-bond acceptors (Lipinski definition) is 6. The number of rotatable bonds is 4. The van der Waals surface area contributed by atoms with Gasteiger partial charge in [-0.2, -0.15) is 0 Å². The summed E-state index contributed by atoms with van der Waals surface area (Å²) in [5, 5.41) is 30.5. The second kappa shape index (κ2) is 8.38. The van der Waals surface area contributed by atoms with E-state index in [9.17, 15) is 20.0 Å². The summed E-state index contributed by atoms with van der Waals surface area (Å²) in [4.78, 5) is 31.0. The molecule has 9 nitrogen and oxygen atoms in total. The van der Waals surface area contributed by atoms with Crippen LogP contribution >= 0.6 is 11.6 Å². The van der Waals surface area contributed by atoms with E-state index in [2.05, 4.69) is 20.2 Å². The Bertz CT molecular complexity index is 1630. The first-order chi connectivity index (χ1) is 16.4. The van der Waals surface area contributed by atoms with Gasteiger partial charge >= 0.3 is 0 Å². The molecule has 0 bridgehead atoms. The molecule has 0 aliphatic rings. The number of nitrogens with one attached hydrogen (secondary N) is 1. The van der Waals surface area contributed by atoms with E-state index >= 15 is 0 Å². The SMILES string of the molecule is O=C(N=Nc1c(O)[nH]c2ccc([N+](=O)[O-])cc12)c1cc(-c2ccc(Cl)cc2)nc2ccccc12. The van der Waals surface area contributed by atoms with Crippen LogP contribution in [0.2, 0.25) is 5.02 Å². The molecule has 2 N–H and O–H groups in total. The third-order valence-corrected chi connectivity index (χ3v) is 5.53. The number of pyridine rings is 1. The van der Waals surface area contributed by atoms with Gasteiger partial charge in [-0.25, -0.2) is 4.98 Å². The first kappa shape index (κ1) is 21.2. The highest BCUT2D eigenvalue weighted by atomic mass is 35.5. The van der Waals surface area contributed by atoms with Crippen LogP contribution < -0.4 is 0 Å². The lowest BCUT2D eigenvalue weighted by molar-refractivity contribution is -0.384. The van der Waals surface area contributed by atoms with Gasteiger partial charge < -0.3 is 10.1 Å². The minimum absolute atomic E-state index is 0.0664. The van der Waals surface area contributed by atoms with Gasteiger partial charge in [-0.3, -0.25) is 14.9 Å². The number of halogens is 1. The van der Waals surface area contributed by atoms with Crippen LogP contribution in [0.4, 0.5) is 11.4 Å². The molecule has 1 amide bonds. The molecule has 0 spiro atoms. The maximum Gasteiger partial charge on any atom is 0.296 e. The Kier molecular flexibility index (Phi) is 5.23. The van der Waals surface area contributed by atoms with Crippen molar-refractivity contribution >= 4 is 50.7 Å². The lowest BCUT2D eigenvalue weighted by Crippen LogP contribution is -1.99. The average Bonchev–Trinajstić information content (AvgIpc) is 3.16. The van der Waals surface area contributed by atoms with E-state index in [0.717, 1.165) is 5.56 Å². The smallest absolute Gasteiger partial charge is 0.296 e. The van der Waals surface area contributed by atoms with Crippen molar-refractivity contribution in [3.05, 3.63) is 93.5 Å². The molecule has 0 fully saturated rings. The zero-order chi connectivity index (χ0) is 23.8. The van der Waals surface area contributed by atoms with Crippen molar-refractivity contribution in [3.63, 3.8) is 0 Å². The van der Waals surface area contributed by atoms with Gasteiger partial charge in [0.1, 0.15) is 0 Å². The number of nitro benzene ring substituents is 1. The Balaban J connectivity index is 1.59. The highest BCUT2D eigenvalue weighted by Crippen LogP contribution is 2.37. The second-order valence-corrected chi connectivity index (χ2v) is 7.83. The lowest BCUT2D eigenvalue weighted by Gasteiger charge is -2.07. The number of carbonyl (C=O) groups is 1. The summed E-state index contributed by atoms with van der Waals surface area (Å²) >= 11 is 5.99. The van der Waals surface area contributed by atoms with Gasteiger partial charge in [-0.05, 0) is 30.3 Å². The first-order valence-corrected chi connectivity index (χ1v) is 10.4. The molecule has 10 heteroatoms. The number of benzene rings is 3. The van der Waals surface area contributed by atoms with Crippen LogP contribution in [0.3, 0.4) is 0 Å². The molecule has 0 atom stereocenters. The molecule has 5 aromatic rings. The predicted octanol–water partition coefficient (Wildman–Crippen LogP) is 6.57. The van der Waals surface area contributed by atoms with E-state index in [4.69, 9.17) is 11.6 Å². The number of non-ortho nitro benzene ring substituents is 1. The number of aromatic amines is 1. The van der Waals surface area contributed by atoms with Crippen LogP contribution in [0, 0.1) is 10.1 Å². The van der Waals surface area contributed by atoms with Gasteiger partial charge in [0, 0.05) is 33.5 Å². The third-order valence-electron chi connectivity index (χ3n) is 5.27. The Morgan fingerprint density at radius 1 is 1.03 bits per heavy atom. The van der Waals surface area contributed by atoms with E-state index in [1.165, 1.54) is 18.2 Å². The van der Waals surface area contributed by atoms with Crippen molar-refractivity contribution < 1.29 is 14.8 Å². The number of aromatic nitrogens is 2. The van der Waals surface area contributed by atoms with Gasteiger partial charge in [0.15, 0.2) is 5.69 Å². The number of azo groups is 1. The Morgan fingerprint density at radius 2 is 1.79 bits per heavy atom. The molecular weight excluding hydrogens is 458 g/mol. The summed E-state index contributed by atoms with van der Waals surface area (Å²) in [5.41, 5.74) is 2.36. The fourth-order valence-corrected chi connectivity index (χ4v) is 3.76. The maximum atomic E-state index is 13.1. The molecule has 34 heavy (non-hydrogen) atoms. The van der Waals surface area contributed by atoms with Crippen molar-refractivity contribution in [1.29, 1.82) is 0 Å². The minimum atomic E-state index is -0.659. The normalized spacial score (nSPS) is 11.4. The predicted molar refractivity (Wildman–Crippen MR) is 128 cm³/mol. The molecule has 0 aliphatic carbocycles. The fourth-order valence-electron chi connectivity index (χ4n) is 3.64. The summed E-state index contributed by atoms with van der Waals surface area (Å²) in [7, 11) is 0. The molecular formula is C24H14ClN5O4. The van der Waals surface area contributed by atoms with Crippen molar-refractivity contribution in [3.8, 4) is 17.1 Å². The third kappa shape index (κ3) is 3.84. The van der Waals surface area contributed by atoms with Crippen LogP contribution in [0.15, 0.2) is 83.0 Å². The standard InChI is InChI=1S/C24H14ClN5O4/c25-14-7-5-13(6-8-14)21-12-17(16-3-1-2-4-19(16)26-21)23(31)29-28-22-18-11-15(30(33)34)9-10-20(18)27-24(22)32/h1-12,27,32H. The number of nitrogens with zero attached hydrogens (tertiary/aromatic N) is 4. The number of aromatic hydroxyl groups is 1. The number of amides is 1. The molecule has 2 heterocycles. The highest BCUT2D eigenvalue weighted by Gasteiger charge is 2.17. The van der Waals surface area contributed by atoms with E-state index in [1.807, 2.05) is 6.07 Å². The van der Waals surface area contributed by atoms with Gasteiger partial charge in [0.2, 0.25) is 5.88 Å². The minimum Gasteiger partial charge on any atom is -0.493 e. The van der Waals surface area contributed by atoms with Crippen molar-refractivity contribution in [2.24, 2.45) is 10.2 Å². The molecule has 5 rings (SSSR count). The summed E-state index contributed by atoms with van der Waals surface area (Å²) in [6, 6.07) is 19.8. The average molecular weight is 472 g/mol. The fraction of sp³-hybridized carbons (Fsp3) is 0. The molecule has 166 valence electrons. The molecule has 0 aliphatic heterocycles. The Hall–Kier alpha value is -4.63. The number of fused-ring (bicyclic) bond motifs is 2. The zero-order valence-corrected chi connectivity index (χ0v) is 18.0. The molecule has 3 aromatic carbocycles. The van der Waals surface area contributed by atoms with Gasteiger partial charge in [0.25, 0.3) is 11.6 Å². The van der Waals surface area contributed by atoms with E-state index < -0.39 is 10.8 Å². The number of H-pyrrole nitrogens is 1. The first-order valence-electron chi connectivity index (χ1n) is 10.0. The largest absolute Gasteiger partial charge is 0.493 e. The molecule has 0 radical (unpaired) electrons. The zero-order valence-electron chi connectivity index (χ0n) is 17.3. The Labute approximate surface area is 196 Å².